The molecule has 0 heterocycles. The highest BCUT2D eigenvalue weighted by Gasteiger charge is 2.30. The summed E-state index contributed by atoms with van der Waals surface area (Å²) in [5.74, 6) is 0.107. The van der Waals surface area contributed by atoms with Gasteiger partial charge in [-0.25, -0.2) is 0 Å². The second kappa shape index (κ2) is 6.08. The SMILES string of the molecule is COC(C)C(=O)N(CCCN)C1CCC1. The van der Waals surface area contributed by atoms with E-state index in [1.807, 2.05) is 4.90 Å². The quantitative estimate of drug-likeness (QED) is 0.710. The summed E-state index contributed by atoms with van der Waals surface area (Å²) >= 11 is 0. The summed E-state index contributed by atoms with van der Waals surface area (Å²) in [6.07, 6.45) is 4.04. The number of rotatable bonds is 6. The molecule has 1 aliphatic rings. The van der Waals surface area contributed by atoms with E-state index in [9.17, 15) is 4.79 Å². The number of ether oxygens (including phenoxy) is 1. The van der Waals surface area contributed by atoms with Crippen LogP contribution < -0.4 is 5.73 Å². The minimum Gasteiger partial charge on any atom is -0.372 e. The van der Waals surface area contributed by atoms with Crippen molar-refractivity contribution in [2.24, 2.45) is 5.73 Å². The standard InChI is InChI=1S/C11H22N2O2/c1-9(15-2)11(14)13(8-4-7-12)10-5-3-6-10/h9-10H,3-8,12H2,1-2H3. The molecule has 4 nitrogen and oxygen atoms in total. The van der Waals surface area contributed by atoms with Crippen molar-refractivity contribution in [1.29, 1.82) is 0 Å². The van der Waals surface area contributed by atoms with E-state index in [1.54, 1.807) is 14.0 Å². The third-order valence-corrected chi connectivity index (χ3v) is 3.10. The second-order valence-corrected chi connectivity index (χ2v) is 4.14. The molecule has 1 atom stereocenters. The summed E-state index contributed by atoms with van der Waals surface area (Å²) in [5.41, 5.74) is 5.48. The molecule has 1 saturated carbocycles. The lowest BCUT2D eigenvalue weighted by atomic mass is 9.91. The minimum absolute atomic E-state index is 0.107. The number of nitrogens with two attached hydrogens (primary N) is 1. The van der Waals surface area contributed by atoms with Gasteiger partial charge in [0.25, 0.3) is 5.91 Å². The van der Waals surface area contributed by atoms with Gasteiger partial charge in [-0.15, -0.1) is 0 Å². The summed E-state index contributed by atoms with van der Waals surface area (Å²) in [4.78, 5) is 13.9. The van der Waals surface area contributed by atoms with E-state index in [1.165, 1.54) is 6.42 Å². The summed E-state index contributed by atoms with van der Waals surface area (Å²) in [5, 5.41) is 0. The minimum atomic E-state index is -0.330. The number of carbonyl (C=O) groups is 1. The van der Waals surface area contributed by atoms with Gasteiger partial charge in [-0.1, -0.05) is 0 Å². The maximum absolute atomic E-state index is 12.0. The van der Waals surface area contributed by atoms with Crippen molar-refractivity contribution in [3.05, 3.63) is 0 Å². The largest absolute Gasteiger partial charge is 0.372 e. The average molecular weight is 214 g/mol. The third kappa shape index (κ3) is 3.18. The van der Waals surface area contributed by atoms with Crippen LogP contribution in [0, 0.1) is 0 Å². The monoisotopic (exact) mass is 214 g/mol. The van der Waals surface area contributed by atoms with E-state index in [4.69, 9.17) is 10.5 Å². The Balaban J connectivity index is 2.49. The van der Waals surface area contributed by atoms with Crippen LogP contribution in [0.4, 0.5) is 0 Å². The van der Waals surface area contributed by atoms with Crippen LogP contribution in [0.25, 0.3) is 0 Å². The molecule has 88 valence electrons. The number of hydrogen-bond acceptors (Lipinski definition) is 3. The first kappa shape index (κ1) is 12.5. The Morgan fingerprint density at radius 2 is 2.27 bits per heavy atom. The average Bonchev–Trinajstić information content (AvgIpc) is 2.19. The predicted octanol–water partition coefficient (Wildman–Crippen LogP) is 0.751. The molecular weight excluding hydrogens is 192 g/mol. The van der Waals surface area contributed by atoms with Crippen molar-refractivity contribution in [1.82, 2.24) is 4.90 Å². The Morgan fingerprint density at radius 3 is 2.67 bits per heavy atom. The van der Waals surface area contributed by atoms with Crippen LogP contribution >= 0.6 is 0 Å². The van der Waals surface area contributed by atoms with Gasteiger partial charge in [-0.05, 0) is 39.2 Å². The van der Waals surface area contributed by atoms with Crippen molar-refractivity contribution in [2.45, 2.75) is 44.8 Å². The molecule has 0 radical (unpaired) electrons. The molecule has 0 bridgehead atoms. The van der Waals surface area contributed by atoms with E-state index in [2.05, 4.69) is 0 Å². The number of hydrogen-bond donors (Lipinski definition) is 1. The second-order valence-electron chi connectivity index (χ2n) is 4.14. The van der Waals surface area contributed by atoms with Crippen molar-refractivity contribution < 1.29 is 9.53 Å². The van der Waals surface area contributed by atoms with Crippen LogP contribution in [-0.2, 0) is 9.53 Å². The van der Waals surface area contributed by atoms with Gasteiger partial charge in [-0.3, -0.25) is 4.79 Å². The van der Waals surface area contributed by atoms with Gasteiger partial charge in [-0.2, -0.15) is 0 Å². The number of nitrogens with zero attached hydrogens (tertiary/aromatic N) is 1. The van der Waals surface area contributed by atoms with Crippen molar-refractivity contribution in [3.63, 3.8) is 0 Å². The summed E-state index contributed by atoms with van der Waals surface area (Å²) < 4.78 is 5.07. The zero-order valence-electron chi connectivity index (χ0n) is 9.74. The van der Waals surface area contributed by atoms with Gasteiger partial charge < -0.3 is 15.4 Å². The summed E-state index contributed by atoms with van der Waals surface area (Å²) in [7, 11) is 1.57. The third-order valence-electron chi connectivity index (χ3n) is 3.10. The highest BCUT2D eigenvalue weighted by atomic mass is 16.5. The zero-order valence-corrected chi connectivity index (χ0v) is 9.74. The molecule has 0 aliphatic heterocycles. The first-order valence-electron chi connectivity index (χ1n) is 5.74. The van der Waals surface area contributed by atoms with E-state index in [0.717, 1.165) is 25.8 Å². The lowest BCUT2D eigenvalue weighted by molar-refractivity contribution is -0.145. The Kier molecular flexibility index (Phi) is 5.05. The molecule has 0 aromatic carbocycles. The van der Waals surface area contributed by atoms with Crippen LogP contribution in [0.5, 0.6) is 0 Å². The summed E-state index contributed by atoms with van der Waals surface area (Å²) in [6.45, 7) is 3.21. The van der Waals surface area contributed by atoms with Crippen LogP contribution in [-0.4, -0.2) is 43.2 Å². The predicted molar refractivity (Wildman–Crippen MR) is 59.5 cm³/mol. The molecule has 1 unspecified atom stereocenters. The van der Waals surface area contributed by atoms with Gasteiger partial charge in [0.2, 0.25) is 0 Å². The number of amides is 1. The molecule has 1 amide bonds. The topological polar surface area (TPSA) is 55.6 Å². The molecule has 0 aromatic heterocycles. The highest BCUT2D eigenvalue weighted by Crippen LogP contribution is 2.25. The molecule has 4 heteroatoms. The highest BCUT2D eigenvalue weighted by molar-refractivity contribution is 5.80. The molecule has 1 rings (SSSR count). The van der Waals surface area contributed by atoms with Gasteiger partial charge in [0.15, 0.2) is 0 Å². The fourth-order valence-electron chi connectivity index (χ4n) is 1.77. The van der Waals surface area contributed by atoms with E-state index in [0.29, 0.717) is 12.6 Å². The molecule has 15 heavy (non-hydrogen) atoms. The molecule has 0 aromatic rings. The van der Waals surface area contributed by atoms with Crippen LogP contribution in [0.1, 0.15) is 32.6 Å². The van der Waals surface area contributed by atoms with Gasteiger partial charge in [0, 0.05) is 19.7 Å². The number of methoxy groups -OCH3 is 1. The van der Waals surface area contributed by atoms with Crippen LogP contribution in [0.2, 0.25) is 0 Å². The first-order chi connectivity index (χ1) is 7.20. The molecule has 1 aliphatic carbocycles. The number of carbonyl (C=O) groups excluding carboxylic acids is 1. The fourth-order valence-corrected chi connectivity index (χ4v) is 1.77. The van der Waals surface area contributed by atoms with Crippen molar-refractivity contribution in [3.8, 4) is 0 Å². The smallest absolute Gasteiger partial charge is 0.251 e. The van der Waals surface area contributed by atoms with Gasteiger partial charge in [0.1, 0.15) is 6.10 Å². The Morgan fingerprint density at radius 1 is 1.60 bits per heavy atom. The maximum Gasteiger partial charge on any atom is 0.251 e. The molecule has 1 fully saturated rings. The maximum atomic E-state index is 12.0. The molecular formula is C11H22N2O2. The molecule has 2 N–H and O–H groups in total. The van der Waals surface area contributed by atoms with Crippen molar-refractivity contribution >= 4 is 5.91 Å². The Bertz CT molecular complexity index is 205. The normalized spacial score (nSPS) is 18.3. The fraction of sp³-hybridized carbons (Fsp3) is 0.909. The zero-order chi connectivity index (χ0) is 11.3. The van der Waals surface area contributed by atoms with Crippen molar-refractivity contribution in [2.75, 3.05) is 20.2 Å². The van der Waals surface area contributed by atoms with Gasteiger partial charge >= 0.3 is 0 Å². The van der Waals surface area contributed by atoms with Crippen LogP contribution in [0.3, 0.4) is 0 Å². The van der Waals surface area contributed by atoms with E-state index < -0.39 is 0 Å². The summed E-state index contributed by atoms with van der Waals surface area (Å²) in [6, 6.07) is 0.432. The van der Waals surface area contributed by atoms with Gasteiger partial charge in [0.05, 0.1) is 0 Å². The van der Waals surface area contributed by atoms with E-state index >= 15 is 0 Å². The lowest BCUT2D eigenvalue weighted by Gasteiger charge is -2.38. The molecule has 0 saturated heterocycles. The van der Waals surface area contributed by atoms with Crippen LogP contribution in [0.15, 0.2) is 0 Å². The first-order valence-corrected chi connectivity index (χ1v) is 5.74. The molecule has 0 spiro atoms. The lowest BCUT2D eigenvalue weighted by Crippen LogP contribution is -2.49. The Labute approximate surface area is 91.8 Å². The van der Waals surface area contributed by atoms with E-state index in [-0.39, 0.29) is 12.0 Å². The Hall–Kier alpha value is -0.610.